The fraction of sp³-hybridized carbons (Fsp3) is 0.455. The van der Waals surface area contributed by atoms with E-state index in [1.54, 1.807) is 6.20 Å². The van der Waals surface area contributed by atoms with Crippen molar-refractivity contribution >= 4 is 11.0 Å². The van der Waals surface area contributed by atoms with Crippen molar-refractivity contribution in [3.05, 3.63) is 24.0 Å². The fourth-order valence-electron chi connectivity index (χ4n) is 1.48. The zero-order chi connectivity index (χ0) is 10.6. The van der Waals surface area contributed by atoms with E-state index in [2.05, 4.69) is 23.3 Å². The number of aryl methyl sites for hydroxylation is 2. The standard InChI is InChI=1S/C9H11N3.C2H6/c1-3-7-6-12(2)9-8(7)4-5-10-11-9;1-2/h4-6H,3H2,1-2H3;1-2H3. The quantitative estimate of drug-likeness (QED) is 0.693. The Morgan fingerprint density at radius 3 is 2.71 bits per heavy atom. The molecule has 0 aliphatic rings. The summed E-state index contributed by atoms with van der Waals surface area (Å²) < 4.78 is 2.02. The van der Waals surface area contributed by atoms with Crippen LogP contribution in [-0.4, -0.2) is 14.8 Å². The molecule has 0 aliphatic carbocycles. The Labute approximate surface area is 84.8 Å². The molecule has 2 rings (SSSR count). The number of fused-ring (bicyclic) bond motifs is 1. The molecule has 0 amide bonds. The Bertz CT molecular complexity index is 404. The van der Waals surface area contributed by atoms with Gasteiger partial charge in [-0.1, -0.05) is 20.8 Å². The van der Waals surface area contributed by atoms with Crippen molar-refractivity contribution in [1.29, 1.82) is 0 Å². The van der Waals surface area contributed by atoms with Gasteiger partial charge in [-0.25, -0.2) is 0 Å². The van der Waals surface area contributed by atoms with Crippen LogP contribution in [0.15, 0.2) is 18.5 Å². The van der Waals surface area contributed by atoms with E-state index < -0.39 is 0 Å². The average molecular weight is 191 g/mol. The lowest BCUT2D eigenvalue weighted by Crippen LogP contribution is -1.88. The van der Waals surface area contributed by atoms with Crippen LogP contribution in [0.4, 0.5) is 0 Å². The van der Waals surface area contributed by atoms with Gasteiger partial charge in [0.15, 0.2) is 5.65 Å². The van der Waals surface area contributed by atoms with Gasteiger partial charge < -0.3 is 4.57 Å². The van der Waals surface area contributed by atoms with Crippen LogP contribution in [0.2, 0.25) is 0 Å². The van der Waals surface area contributed by atoms with Crippen LogP contribution < -0.4 is 0 Å². The third-order valence-corrected chi connectivity index (χ3v) is 2.11. The van der Waals surface area contributed by atoms with Crippen LogP contribution in [0.1, 0.15) is 26.3 Å². The van der Waals surface area contributed by atoms with Gasteiger partial charge >= 0.3 is 0 Å². The van der Waals surface area contributed by atoms with Crippen molar-refractivity contribution in [2.75, 3.05) is 0 Å². The third-order valence-electron chi connectivity index (χ3n) is 2.11. The molecule has 0 bridgehead atoms. The second kappa shape index (κ2) is 4.74. The summed E-state index contributed by atoms with van der Waals surface area (Å²) in [5, 5.41) is 9.13. The van der Waals surface area contributed by atoms with Gasteiger partial charge in [0.2, 0.25) is 0 Å². The summed E-state index contributed by atoms with van der Waals surface area (Å²) >= 11 is 0. The van der Waals surface area contributed by atoms with Crippen molar-refractivity contribution in [3.8, 4) is 0 Å². The van der Waals surface area contributed by atoms with Crippen molar-refractivity contribution < 1.29 is 0 Å². The van der Waals surface area contributed by atoms with Crippen LogP contribution in [0, 0.1) is 0 Å². The Balaban J connectivity index is 0.000000461. The smallest absolute Gasteiger partial charge is 0.162 e. The van der Waals surface area contributed by atoms with E-state index in [4.69, 9.17) is 0 Å². The Kier molecular flexibility index (Phi) is 3.63. The normalized spacial score (nSPS) is 9.71. The number of aromatic nitrogens is 3. The summed E-state index contributed by atoms with van der Waals surface area (Å²) in [5.74, 6) is 0. The number of hydrogen-bond acceptors (Lipinski definition) is 2. The minimum Gasteiger partial charge on any atom is -0.334 e. The molecule has 0 aliphatic heterocycles. The first-order valence-electron chi connectivity index (χ1n) is 5.08. The average Bonchev–Trinajstić information content (AvgIpc) is 2.59. The topological polar surface area (TPSA) is 30.7 Å². The minimum atomic E-state index is 0.967. The monoisotopic (exact) mass is 191 g/mol. The van der Waals surface area contributed by atoms with E-state index in [-0.39, 0.29) is 0 Å². The number of hydrogen-bond donors (Lipinski definition) is 0. The molecule has 0 aromatic carbocycles. The first-order chi connectivity index (χ1) is 6.83. The maximum absolute atomic E-state index is 4.06. The Morgan fingerprint density at radius 2 is 2.07 bits per heavy atom. The highest BCUT2D eigenvalue weighted by Gasteiger charge is 2.04. The molecule has 3 heteroatoms. The van der Waals surface area contributed by atoms with Crippen LogP contribution in [0.3, 0.4) is 0 Å². The zero-order valence-corrected chi connectivity index (χ0v) is 9.28. The van der Waals surface area contributed by atoms with Crippen molar-refractivity contribution in [2.45, 2.75) is 27.2 Å². The third kappa shape index (κ3) is 1.76. The molecule has 0 N–H and O–H groups in total. The first-order valence-corrected chi connectivity index (χ1v) is 5.08. The predicted octanol–water partition coefficient (Wildman–Crippen LogP) is 2.56. The largest absolute Gasteiger partial charge is 0.334 e. The number of nitrogens with zero attached hydrogens (tertiary/aromatic N) is 3. The van der Waals surface area contributed by atoms with E-state index in [1.807, 2.05) is 31.5 Å². The molecule has 14 heavy (non-hydrogen) atoms. The molecule has 0 saturated carbocycles. The fourth-order valence-corrected chi connectivity index (χ4v) is 1.48. The van der Waals surface area contributed by atoms with Crippen LogP contribution in [0.25, 0.3) is 11.0 Å². The molecule has 0 fully saturated rings. The molecule has 2 heterocycles. The highest BCUT2D eigenvalue weighted by Crippen LogP contribution is 2.17. The molecule has 3 nitrogen and oxygen atoms in total. The summed E-state index contributed by atoms with van der Waals surface area (Å²) in [4.78, 5) is 0. The minimum absolute atomic E-state index is 0.967. The summed E-state index contributed by atoms with van der Waals surface area (Å²) in [6, 6.07) is 2.02. The number of rotatable bonds is 1. The molecule has 2 aromatic rings. The Morgan fingerprint density at radius 1 is 1.36 bits per heavy atom. The molecular weight excluding hydrogens is 174 g/mol. The SMILES string of the molecule is CC.CCc1cn(C)c2nnccc12. The Hall–Kier alpha value is -1.38. The lowest BCUT2D eigenvalue weighted by atomic mass is 10.2. The first kappa shape index (κ1) is 10.7. The summed E-state index contributed by atoms with van der Waals surface area (Å²) in [7, 11) is 2.00. The maximum atomic E-state index is 4.06. The molecule has 76 valence electrons. The van der Waals surface area contributed by atoms with Crippen molar-refractivity contribution in [3.63, 3.8) is 0 Å². The van der Waals surface area contributed by atoms with Gasteiger partial charge in [-0.15, -0.1) is 5.10 Å². The van der Waals surface area contributed by atoms with Gasteiger partial charge in [0.25, 0.3) is 0 Å². The summed E-state index contributed by atoms with van der Waals surface area (Å²) in [6.45, 7) is 6.15. The second-order valence-corrected chi connectivity index (χ2v) is 2.89. The molecule has 0 radical (unpaired) electrons. The van der Waals surface area contributed by atoms with Gasteiger partial charge in [-0.2, -0.15) is 5.10 Å². The van der Waals surface area contributed by atoms with Crippen molar-refractivity contribution in [1.82, 2.24) is 14.8 Å². The van der Waals surface area contributed by atoms with Crippen LogP contribution in [0.5, 0.6) is 0 Å². The molecule has 2 aromatic heterocycles. The zero-order valence-electron chi connectivity index (χ0n) is 9.28. The molecule has 0 atom stereocenters. The lowest BCUT2D eigenvalue weighted by molar-refractivity contribution is 0.911. The molecule has 0 spiro atoms. The van der Waals surface area contributed by atoms with Crippen LogP contribution >= 0.6 is 0 Å². The lowest BCUT2D eigenvalue weighted by Gasteiger charge is -1.90. The molecule has 0 unspecified atom stereocenters. The van der Waals surface area contributed by atoms with Gasteiger partial charge in [0.05, 0.1) is 6.20 Å². The van der Waals surface area contributed by atoms with E-state index in [1.165, 1.54) is 10.9 Å². The second-order valence-electron chi connectivity index (χ2n) is 2.89. The van der Waals surface area contributed by atoms with Gasteiger partial charge in [-0.05, 0) is 18.1 Å². The van der Waals surface area contributed by atoms with E-state index in [0.29, 0.717) is 0 Å². The van der Waals surface area contributed by atoms with Gasteiger partial charge in [0, 0.05) is 18.6 Å². The highest BCUT2D eigenvalue weighted by atomic mass is 15.2. The summed E-state index contributed by atoms with van der Waals surface area (Å²) in [5.41, 5.74) is 2.30. The van der Waals surface area contributed by atoms with E-state index in [0.717, 1.165) is 12.1 Å². The maximum Gasteiger partial charge on any atom is 0.162 e. The van der Waals surface area contributed by atoms with Gasteiger partial charge in [-0.3, -0.25) is 0 Å². The highest BCUT2D eigenvalue weighted by molar-refractivity contribution is 5.79. The molecular formula is C11H17N3. The van der Waals surface area contributed by atoms with Crippen LogP contribution in [-0.2, 0) is 13.5 Å². The predicted molar refractivity (Wildman–Crippen MR) is 59.2 cm³/mol. The van der Waals surface area contributed by atoms with E-state index in [9.17, 15) is 0 Å². The van der Waals surface area contributed by atoms with E-state index >= 15 is 0 Å². The molecule has 0 saturated heterocycles. The van der Waals surface area contributed by atoms with Crippen molar-refractivity contribution in [2.24, 2.45) is 7.05 Å². The summed E-state index contributed by atoms with van der Waals surface area (Å²) in [6.07, 6.45) is 4.89. The van der Waals surface area contributed by atoms with Gasteiger partial charge in [0.1, 0.15) is 0 Å².